The van der Waals surface area contributed by atoms with Gasteiger partial charge in [-0.3, -0.25) is 0 Å². The summed E-state index contributed by atoms with van der Waals surface area (Å²) in [6.07, 6.45) is 0.546. The number of rotatable bonds is 4. The maximum atomic E-state index is 11.8. The van der Waals surface area contributed by atoms with Crippen LogP contribution in [0.25, 0.3) is 5.69 Å². The van der Waals surface area contributed by atoms with E-state index in [0.717, 1.165) is 17.0 Å². The Balaban J connectivity index is 2.54. The van der Waals surface area contributed by atoms with Gasteiger partial charge in [-0.25, -0.2) is 14.5 Å². The molecule has 0 radical (unpaired) electrons. The van der Waals surface area contributed by atoms with E-state index in [4.69, 9.17) is 10.5 Å². The van der Waals surface area contributed by atoms with Crippen LogP contribution in [0.3, 0.4) is 0 Å². The molecule has 6 nitrogen and oxygen atoms in total. The highest BCUT2D eigenvalue weighted by Gasteiger charge is 2.12. The zero-order valence-electron chi connectivity index (χ0n) is 10.4. The normalized spacial score (nSPS) is 10.6. The fourth-order valence-corrected chi connectivity index (χ4v) is 1.88. The van der Waals surface area contributed by atoms with Crippen LogP contribution in [0.15, 0.2) is 23.0 Å². The minimum Gasteiger partial charge on any atom is -0.497 e. The maximum absolute atomic E-state index is 11.8. The van der Waals surface area contributed by atoms with Gasteiger partial charge in [0, 0.05) is 6.42 Å². The highest BCUT2D eigenvalue weighted by Crippen LogP contribution is 2.19. The molecule has 0 aliphatic heterocycles. The van der Waals surface area contributed by atoms with Crippen LogP contribution >= 0.6 is 0 Å². The third kappa shape index (κ3) is 2.14. The van der Waals surface area contributed by atoms with Crippen molar-refractivity contribution in [2.45, 2.75) is 13.3 Å². The topological polar surface area (TPSA) is 85.9 Å². The van der Waals surface area contributed by atoms with Gasteiger partial charge in [0.05, 0.1) is 12.8 Å². The molecule has 0 atom stereocenters. The van der Waals surface area contributed by atoms with Gasteiger partial charge in [-0.05, 0) is 37.2 Å². The van der Waals surface area contributed by atoms with Gasteiger partial charge < -0.3 is 10.5 Å². The van der Waals surface area contributed by atoms with Crippen molar-refractivity contribution < 1.29 is 4.74 Å². The number of nitrogens with two attached hydrogens (primary N) is 1. The van der Waals surface area contributed by atoms with Gasteiger partial charge in [-0.2, -0.15) is 5.10 Å². The van der Waals surface area contributed by atoms with Crippen LogP contribution < -0.4 is 16.2 Å². The fraction of sp³-hybridized carbons (Fsp3) is 0.333. The Morgan fingerprint density at radius 1 is 1.50 bits per heavy atom. The Labute approximate surface area is 104 Å². The van der Waals surface area contributed by atoms with Crippen LogP contribution in [-0.2, 0) is 6.42 Å². The van der Waals surface area contributed by atoms with Crippen molar-refractivity contribution in [3.05, 3.63) is 40.1 Å². The molecule has 0 saturated carbocycles. The van der Waals surface area contributed by atoms with E-state index in [1.165, 1.54) is 0 Å². The quantitative estimate of drug-likeness (QED) is 0.819. The van der Waals surface area contributed by atoms with Crippen LogP contribution in [0.2, 0.25) is 0 Å². The molecule has 2 rings (SSSR count). The predicted octanol–water partition coefficient (Wildman–Crippen LogP) is 0.379. The summed E-state index contributed by atoms with van der Waals surface area (Å²) in [4.78, 5) is 11.8. The van der Waals surface area contributed by atoms with Gasteiger partial charge >= 0.3 is 5.69 Å². The Morgan fingerprint density at radius 3 is 2.89 bits per heavy atom. The van der Waals surface area contributed by atoms with Gasteiger partial charge in [0.25, 0.3) is 0 Å². The lowest BCUT2D eigenvalue weighted by atomic mass is 10.2. The van der Waals surface area contributed by atoms with Crippen molar-refractivity contribution in [2.24, 2.45) is 5.73 Å². The van der Waals surface area contributed by atoms with Crippen LogP contribution in [-0.4, -0.2) is 28.4 Å². The smallest absolute Gasteiger partial charge is 0.347 e. The monoisotopic (exact) mass is 248 g/mol. The zero-order chi connectivity index (χ0) is 13.1. The third-order valence-electron chi connectivity index (χ3n) is 2.75. The number of aromatic amines is 1. The Hall–Kier alpha value is -2.08. The molecular formula is C12H16N4O2. The number of methoxy groups -OCH3 is 1. The molecule has 0 unspecified atom stereocenters. The van der Waals surface area contributed by atoms with Gasteiger partial charge in [-0.1, -0.05) is 0 Å². The lowest BCUT2D eigenvalue weighted by molar-refractivity contribution is 0.414. The molecule has 1 aromatic heterocycles. The van der Waals surface area contributed by atoms with Crippen molar-refractivity contribution in [1.82, 2.24) is 14.8 Å². The minimum atomic E-state index is -0.258. The van der Waals surface area contributed by atoms with Crippen molar-refractivity contribution in [3.63, 3.8) is 0 Å². The highest BCUT2D eigenvalue weighted by molar-refractivity contribution is 5.45. The summed E-state index contributed by atoms with van der Waals surface area (Å²) in [6.45, 7) is 2.36. The largest absolute Gasteiger partial charge is 0.497 e. The summed E-state index contributed by atoms with van der Waals surface area (Å²) in [5.41, 5.74) is 6.98. The number of aryl methyl sites for hydroxylation is 1. The summed E-state index contributed by atoms with van der Waals surface area (Å²) in [7, 11) is 1.61. The third-order valence-corrected chi connectivity index (χ3v) is 2.75. The van der Waals surface area contributed by atoms with Crippen molar-refractivity contribution >= 4 is 0 Å². The lowest BCUT2D eigenvalue weighted by Gasteiger charge is -2.10. The van der Waals surface area contributed by atoms with Gasteiger partial charge in [0.1, 0.15) is 11.6 Å². The SMILES string of the molecule is COc1ccc(-n2c(CCN)n[nH]c2=O)c(C)c1. The van der Waals surface area contributed by atoms with E-state index in [-0.39, 0.29) is 5.69 Å². The van der Waals surface area contributed by atoms with Crippen LogP contribution in [0, 0.1) is 6.92 Å². The molecule has 0 aliphatic carbocycles. The Morgan fingerprint density at radius 2 is 2.28 bits per heavy atom. The highest BCUT2D eigenvalue weighted by atomic mass is 16.5. The molecule has 0 bridgehead atoms. The van der Waals surface area contributed by atoms with E-state index in [2.05, 4.69) is 10.2 Å². The second-order valence-corrected chi connectivity index (χ2v) is 3.97. The standard InChI is InChI=1S/C12H16N4O2/c1-8-7-9(18-2)3-4-10(8)16-11(5-6-13)14-15-12(16)17/h3-4,7H,5-6,13H2,1-2H3,(H,15,17). The van der Waals surface area contributed by atoms with E-state index in [1.807, 2.05) is 25.1 Å². The molecule has 18 heavy (non-hydrogen) atoms. The molecule has 0 spiro atoms. The van der Waals surface area contributed by atoms with Crippen LogP contribution in [0.1, 0.15) is 11.4 Å². The number of ether oxygens (including phenoxy) is 1. The van der Waals surface area contributed by atoms with Gasteiger partial charge in [-0.15, -0.1) is 0 Å². The molecular weight excluding hydrogens is 232 g/mol. The second kappa shape index (κ2) is 5.05. The summed E-state index contributed by atoms with van der Waals surface area (Å²) in [6, 6.07) is 5.53. The first-order valence-electron chi connectivity index (χ1n) is 5.68. The number of H-pyrrole nitrogens is 1. The number of hydrogen-bond acceptors (Lipinski definition) is 4. The van der Waals surface area contributed by atoms with E-state index in [1.54, 1.807) is 11.7 Å². The van der Waals surface area contributed by atoms with E-state index < -0.39 is 0 Å². The summed E-state index contributed by atoms with van der Waals surface area (Å²) in [5.74, 6) is 1.39. The molecule has 1 heterocycles. The van der Waals surface area contributed by atoms with E-state index >= 15 is 0 Å². The molecule has 96 valence electrons. The van der Waals surface area contributed by atoms with E-state index in [9.17, 15) is 4.79 Å². The summed E-state index contributed by atoms with van der Waals surface area (Å²) < 4.78 is 6.69. The van der Waals surface area contributed by atoms with Crippen molar-refractivity contribution in [3.8, 4) is 11.4 Å². The molecule has 0 aliphatic rings. The molecule has 0 fully saturated rings. The average molecular weight is 248 g/mol. The average Bonchev–Trinajstić information content (AvgIpc) is 2.71. The zero-order valence-corrected chi connectivity index (χ0v) is 10.4. The molecule has 3 N–H and O–H groups in total. The first-order valence-corrected chi connectivity index (χ1v) is 5.68. The first kappa shape index (κ1) is 12.4. The van der Waals surface area contributed by atoms with Crippen LogP contribution in [0.5, 0.6) is 5.75 Å². The van der Waals surface area contributed by atoms with Crippen LogP contribution in [0.4, 0.5) is 0 Å². The molecule has 2 aromatic rings. The summed E-state index contributed by atoms with van der Waals surface area (Å²) >= 11 is 0. The molecule has 6 heteroatoms. The number of nitrogens with zero attached hydrogens (tertiary/aromatic N) is 2. The minimum absolute atomic E-state index is 0.258. The Bertz CT molecular complexity index is 600. The number of aromatic nitrogens is 3. The van der Waals surface area contributed by atoms with Gasteiger partial charge in [0.2, 0.25) is 0 Å². The van der Waals surface area contributed by atoms with E-state index in [0.29, 0.717) is 18.8 Å². The number of hydrogen-bond donors (Lipinski definition) is 2. The molecule has 0 saturated heterocycles. The lowest BCUT2D eigenvalue weighted by Crippen LogP contribution is -2.19. The van der Waals surface area contributed by atoms with Crippen molar-refractivity contribution in [1.29, 1.82) is 0 Å². The predicted molar refractivity (Wildman–Crippen MR) is 68.2 cm³/mol. The number of nitrogens with one attached hydrogen (secondary N) is 1. The second-order valence-electron chi connectivity index (χ2n) is 3.97. The van der Waals surface area contributed by atoms with Gasteiger partial charge in [0.15, 0.2) is 0 Å². The fourth-order valence-electron chi connectivity index (χ4n) is 1.88. The first-order chi connectivity index (χ1) is 8.67. The Kier molecular flexibility index (Phi) is 3.47. The van der Waals surface area contributed by atoms with Crippen molar-refractivity contribution in [2.75, 3.05) is 13.7 Å². The molecule has 1 aromatic carbocycles. The molecule has 0 amide bonds. The number of benzene rings is 1. The maximum Gasteiger partial charge on any atom is 0.347 e. The summed E-state index contributed by atoms with van der Waals surface area (Å²) in [5, 5.41) is 6.43.